The van der Waals surface area contributed by atoms with Crippen LogP contribution < -0.4 is 0 Å². The quantitative estimate of drug-likeness (QED) is 0.676. The zero-order valence-electron chi connectivity index (χ0n) is 14.8. The predicted octanol–water partition coefficient (Wildman–Crippen LogP) is 3.81. The lowest BCUT2D eigenvalue weighted by Crippen LogP contribution is -2.66. The molecule has 0 aromatic carbocycles. The third-order valence-corrected chi connectivity index (χ3v) is 9.27. The number of carbonyl (C=O) groups excluding carboxylic acids is 2. The molecule has 1 unspecified atom stereocenters. The molecule has 4 aliphatic rings. The highest BCUT2D eigenvalue weighted by atomic mass is 35.5. The van der Waals surface area contributed by atoms with Crippen molar-refractivity contribution in [2.24, 2.45) is 22.7 Å². The van der Waals surface area contributed by atoms with Crippen molar-refractivity contribution >= 4 is 23.2 Å². The number of allylic oxidation sites excluding steroid dienone is 1. The van der Waals surface area contributed by atoms with E-state index in [0.717, 1.165) is 31.3 Å². The van der Waals surface area contributed by atoms with Crippen LogP contribution in [0.15, 0.2) is 11.6 Å². The maximum atomic E-state index is 13.4. The first-order valence-corrected chi connectivity index (χ1v) is 9.62. The van der Waals surface area contributed by atoms with Crippen molar-refractivity contribution in [3.8, 4) is 0 Å². The Hall–Kier alpha value is -0.670. The van der Waals surface area contributed by atoms with Gasteiger partial charge in [0.05, 0.1) is 5.60 Å². The summed E-state index contributed by atoms with van der Waals surface area (Å²) >= 11 is 7.23. The molecular weight excluding hydrogens is 324 g/mol. The standard InChI is InChI=1S/C20H27ClO3/c1-17-8-6-13(22)10-12(17)4-5-15-14-7-9-19(3,24)18(14,2)11-16(23)20(15,17)21/h10,14-15,24H,4-9,11H2,1-3H3/t14-,15-,17-,18-,19?,20-/m0/s1. The Kier molecular flexibility index (Phi) is 3.31. The van der Waals surface area contributed by atoms with E-state index >= 15 is 0 Å². The van der Waals surface area contributed by atoms with E-state index in [9.17, 15) is 14.7 Å². The largest absolute Gasteiger partial charge is 0.390 e. The molecule has 1 N–H and O–H groups in total. The summed E-state index contributed by atoms with van der Waals surface area (Å²) < 4.78 is 0. The summed E-state index contributed by atoms with van der Waals surface area (Å²) in [7, 11) is 0. The molecule has 132 valence electrons. The summed E-state index contributed by atoms with van der Waals surface area (Å²) in [5, 5.41) is 10.9. The average Bonchev–Trinajstić information content (AvgIpc) is 2.72. The zero-order chi connectivity index (χ0) is 17.5. The second-order valence-electron chi connectivity index (χ2n) is 9.26. The van der Waals surface area contributed by atoms with Crippen molar-refractivity contribution in [3.05, 3.63) is 11.6 Å². The van der Waals surface area contributed by atoms with Crippen LogP contribution in [0.4, 0.5) is 0 Å². The zero-order valence-corrected chi connectivity index (χ0v) is 15.6. The van der Waals surface area contributed by atoms with E-state index in [2.05, 4.69) is 13.8 Å². The number of alkyl halides is 1. The Morgan fingerprint density at radius 1 is 1.08 bits per heavy atom. The van der Waals surface area contributed by atoms with Crippen LogP contribution in [-0.4, -0.2) is 27.1 Å². The number of fused-ring (bicyclic) bond motifs is 5. The molecule has 4 heteroatoms. The van der Waals surface area contributed by atoms with Gasteiger partial charge in [-0.1, -0.05) is 19.4 Å². The number of rotatable bonds is 0. The lowest BCUT2D eigenvalue weighted by atomic mass is 9.45. The Balaban J connectivity index is 1.84. The minimum absolute atomic E-state index is 0.0811. The van der Waals surface area contributed by atoms with E-state index in [-0.39, 0.29) is 28.8 Å². The fourth-order valence-corrected chi connectivity index (χ4v) is 7.05. The number of aliphatic hydroxyl groups is 1. The molecule has 0 aromatic heterocycles. The van der Waals surface area contributed by atoms with E-state index in [0.29, 0.717) is 19.3 Å². The number of halogens is 1. The van der Waals surface area contributed by atoms with Gasteiger partial charge in [0, 0.05) is 23.7 Å². The van der Waals surface area contributed by atoms with Crippen LogP contribution in [0, 0.1) is 22.7 Å². The van der Waals surface area contributed by atoms with Gasteiger partial charge in [-0.25, -0.2) is 0 Å². The van der Waals surface area contributed by atoms with Gasteiger partial charge >= 0.3 is 0 Å². The fraction of sp³-hybridized carbons (Fsp3) is 0.800. The highest BCUT2D eigenvalue weighted by Gasteiger charge is 2.71. The van der Waals surface area contributed by atoms with Gasteiger partial charge in [-0.05, 0) is 56.9 Å². The van der Waals surface area contributed by atoms with Crippen molar-refractivity contribution in [1.82, 2.24) is 0 Å². The molecule has 6 atom stereocenters. The normalized spacial score (nSPS) is 54.0. The summed E-state index contributed by atoms with van der Waals surface area (Å²) in [4.78, 5) is 24.3. The maximum Gasteiger partial charge on any atom is 0.155 e. The molecule has 0 amide bonds. The van der Waals surface area contributed by atoms with Gasteiger partial charge in [-0.2, -0.15) is 0 Å². The Morgan fingerprint density at radius 3 is 2.50 bits per heavy atom. The molecule has 0 radical (unpaired) electrons. The van der Waals surface area contributed by atoms with Crippen molar-refractivity contribution in [3.63, 3.8) is 0 Å². The van der Waals surface area contributed by atoms with Gasteiger partial charge in [-0.15, -0.1) is 11.6 Å². The molecule has 4 rings (SSSR count). The highest BCUT2D eigenvalue weighted by molar-refractivity contribution is 6.37. The van der Waals surface area contributed by atoms with Gasteiger partial charge in [0.1, 0.15) is 4.87 Å². The smallest absolute Gasteiger partial charge is 0.155 e. The number of hydrogen-bond acceptors (Lipinski definition) is 3. The van der Waals surface area contributed by atoms with E-state index in [1.54, 1.807) is 6.08 Å². The number of hydrogen-bond donors (Lipinski definition) is 1. The highest BCUT2D eigenvalue weighted by Crippen LogP contribution is 2.69. The van der Waals surface area contributed by atoms with E-state index in [1.807, 2.05) is 6.92 Å². The maximum absolute atomic E-state index is 13.4. The number of Topliss-reactive ketones (excluding diaryl/α,β-unsaturated/α-hetero) is 1. The molecule has 24 heavy (non-hydrogen) atoms. The molecule has 4 aliphatic carbocycles. The summed E-state index contributed by atoms with van der Waals surface area (Å²) in [6, 6.07) is 0. The first-order chi connectivity index (χ1) is 11.1. The van der Waals surface area contributed by atoms with Gasteiger partial charge in [-0.3, -0.25) is 9.59 Å². The molecule has 3 fully saturated rings. The number of ketones is 2. The molecule has 0 saturated heterocycles. The van der Waals surface area contributed by atoms with Crippen LogP contribution in [0.25, 0.3) is 0 Å². The molecular formula is C20H27ClO3. The van der Waals surface area contributed by atoms with Crippen LogP contribution >= 0.6 is 11.6 Å². The number of carbonyl (C=O) groups is 2. The molecule has 3 saturated carbocycles. The van der Waals surface area contributed by atoms with Crippen molar-refractivity contribution < 1.29 is 14.7 Å². The van der Waals surface area contributed by atoms with Gasteiger partial charge < -0.3 is 5.11 Å². The predicted molar refractivity (Wildman–Crippen MR) is 92.8 cm³/mol. The fourth-order valence-electron chi connectivity index (χ4n) is 6.50. The van der Waals surface area contributed by atoms with Crippen LogP contribution in [0.5, 0.6) is 0 Å². The summed E-state index contributed by atoms with van der Waals surface area (Å²) in [5.41, 5.74) is -0.523. The van der Waals surface area contributed by atoms with Gasteiger partial charge in [0.25, 0.3) is 0 Å². The van der Waals surface area contributed by atoms with E-state index in [1.165, 1.54) is 0 Å². The topological polar surface area (TPSA) is 54.4 Å². The summed E-state index contributed by atoms with van der Waals surface area (Å²) in [6.07, 6.45) is 6.63. The minimum Gasteiger partial charge on any atom is -0.390 e. The molecule has 0 spiro atoms. The van der Waals surface area contributed by atoms with E-state index < -0.39 is 15.9 Å². The van der Waals surface area contributed by atoms with Crippen LogP contribution in [0.2, 0.25) is 0 Å². The Morgan fingerprint density at radius 2 is 1.79 bits per heavy atom. The average molecular weight is 351 g/mol. The van der Waals surface area contributed by atoms with Crippen LogP contribution in [-0.2, 0) is 9.59 Å². The molecule has 3 nitrogen and oxygen atoms in total. The summed E-state index contributed by atoms with van der Waals surface area (Å²) in [6.45, 7) is 6.06. The van der Waals surface area contributed by atoms with Crippen molar-refractivity contribution in [2.45, 2.75) is 76.2 Å². The lowest BCUT2D eigenvalue weighted by Gasteiger charge is -2.61. The van der Waals surface area contributed by atoms with Crippen LogP contribution in [0.3, 0.4) is 0 Å². The third kappa shape index (κ3) is 1.73. The minimum atomic E-state index is -0.914. The van der Waals surface area contributed by atoms with Gasteiger partial charge in [0.2, 0.25) is 0 Å². The Labute approximate surface area is 148 Å². The van der Waals surface area contributed by atoms with E-state index in [4.69, 9.17) is 11.6 Å². The monoisotopic (exact) mass is 350 g/mol. The lowest BCUT2D eigenvalue weighted by molar-refractivity contribution is -0.153. The van der Waals surface area contributed by atoms with Crippen molar-refractivity contribution in [2.75, 3.05) is 0 Å². The molecule has 0 bridgehead atoms. The molecule has 0 heterocycles. The molecule has 0 aromatic rings. The van der Waals surface area contributed by atoms with Crippen molar-refractivity contribution in [1.29, 1.82) is 0 Å². The first kappa shape index (κ1) is 16.8. The second-order valence-corrected chi connectivity index (χ2v) is 9.86. The third-order valence-electron chi connectivity index (χ3n) is 8.36. The van der Waals surface area contributed by atoms with Gasteiger partial charge in [0.15, 0.2) is 11.6 Å². The Bertz CT molecular complexity index is 666. The second kappa shape index (κ2) is 4.73. The molecule has 0 aliphatic heterocycles. The SMILES string of the molecule is CC1(O)CC[C@H]2[C@@H]3CCC4=CC(=O)CC[C@]4(C)[C@@]3(Cl)C(=O)C[C@@]21C. The first-order valence-electron chi connectivity index (χ1n) is 9.25. The summed E-state index contributed by atoms with van der Waals surface area (Å²) in [5.74, 6) is 0.615. The van der Waals surface area contributed by atoms with Crippen LogP contribution in [0.1, 0.15) is 65.7 Å².